The van der Waals surface area contributed by atoms with E-state index in [-0.39, 0.29) is 5.82 Å². The van der Waals surface area contributed by atoms with Gasteiger partial charge in [0.2, 0.25) is 0 Å². The summed E-state index contributed by atoms with van der Waals surface area (Å²) in [7, 11) is 0. The second kappa shape index (κ2) is 4.49. The highest BCUT2D eigenvalue weighted by atomic mass is 79.9. The van der Waals surface area contributed by atoms with Crippen molar-refractivity contribution in [2.45, 2.75) is 6.54 Å². The highest BCUT2D eigenvalue weighted by Crippen LogP contribution is 2.23. The Kier molecular flexibility index (Phi) is 3.06. The van der Waals surface area contributed by atoms with Gasteiger partial charge in [0.1, 0.15) is 5.82 Å². The number of anilines is 1. The highest BCUT2D eigenvalue weighted by molar-refractivity contribution is 9.10. The number of aromatic amines is 1. The van der Waals surface area contributed by atoms with Gasteiger partial charge in [0.15, 0.2) is 0 Å². The summed E-state index contributed by atoms with van der Waals surface area (Å²) in [6, 6.07) is 6.55. The second-order valence-corrected chi connectivity index (χ2v) is 4.05. The van der Waals surface area contributed by atoms with E-state index in [9.17, 15) is 4.39 Å². The van der Waals surface area contributed by atoms with Crippen LogP contribution in [0, 0.1) is 5.82 Å². The van der Waals surface area contributed by atoms with Gasteiger partial charge in [-0.3, -0.25) is 0 Å². The predicted molar refractivity (Wildman–Crippen MR) is 62.2 cm³/mol. The van der Waals surface area contributed by atoms with E-state index in [4.69, 9.17) is 0 Å². The van der Waals surface area contributed by atoms with Crippen LogP contribution in [0.3, 0.4) is 0 Å². The number of H-pyrrole nitrogens is 1. The van der Waals surface area contributed by atoms with Crippen molar-refractivity contribution in [3.63, 3.8) is 0 Å². The van der Waals surface area contributed by atoms with Crippen molar-refractivity contribution in [2.24, 2.45) is 0 Å². The average molecular weight is 269 g/mol. The molecule has 0 bridgehead atoms. The third-order valence-electron chi connectivity index (χ3n) is 2.07. The molecule has 2 aromatic rings. The molecule has 0 aliphatic rings. The molecule has 2 rings (SSSR count). The Labute approximate surface area is 95.6 Å². The fourth-order valence-corrected chi connectivity index (χ4v) is 1.69. The van der Waals surface area contributed by atoms with Crippen LogP contribution >= 0.6 is 15.9 Å². The molecule has 0 amide bonds. The number of halogens is 2. The standard InChI is InChI=1S/C11H10BrFN2/c12-10-2-1-9(13)5-11(10)15-7-8-3-4-14-6-8/h1-6,14-15H,7H2. The van der Waals surface area contributed by atoms with Crippen molar-refractivity contribution in [2.75, 3.05) is 5.32 Å². The second-order valence-electron chi connectivity index (χ2n) is 3.20. The average Bonchev–Trinajstić information content (AvgIpc) is 2.72. The van der Waals surface area contributed by atoms with Crippen LogP contribution in [-0.4, -0.2) is 4.98 Å². The molecule has 4 heteroatoms. The molecule has 0 saturated carbocycles. The Hall–Kier alpha value is -1.29. The van der Waals surface area contributed by atoms with E-state index < -0.39 is 0 Å². The lowest BCUT2D eigenvalue weighted by Gasteiger charge is -2.07. The van der Waals surface area contributed by atoms with Crippen LogP contribution in [0.1, 0.15) is 5.56 Å². The van der Waals surface area contributed by atoms with Crippen molar-refractivity contribution in [3.8, 4) is 0 Å². The summed E-state index contributed by atoms with van der Waals surface area (Å²) >= 11 is 3.36. The molecule has 0 aliphatic carbocycles. The fourth-order valence-electron chi connectivity index (χ4n) is 1.30. The van der Waals surface area contributed by atoms with Crippen LogP contribution in [0.15, 0.2) is 41.1 Å². The van der Waals surface area contributed by atoms with Gasteiger partial charge in [-0.05, 0) is 45.8 Å². The molecular formula is C11H10BrFN2. The maximum atomic E-state index is 12.9. The van der Waals surface area contributed by atoms with Crippen molar-refractivity contribution in [3.05, 3.63) is 52.5 Å². The lowest BCUT2D eigenvalue weighted by molar-refractivity contribution is 0.628. The molecule has 0 saturated heterocycles. The minimum atomic E-state index is -0.241. The quantitative estimate of drug-likeness (QED) is 0.876. The van der Waals surface area contributed by atoms with Crippen molar-refractivity contribution >= 4 is 21.6 Å². The van der Waals surface area contributed by atoms with Gasteiger partial charge >= 0.3 is 0 Å². The number of benzene rings is 1. The topological polar surface area (TPSA) is 27.8 Å². The monoisotopic (exact) mass is 268 g/mol. The van der Waals surface area contributed by atoms with Crippen LogP contribution in [0.4, 0.5) is 10.1 Å². The van der Waals surface area contributed by atoms with Gasteiger partial charge < -0.3 is 10.3 Å². The summed E-state index contributed by atoms with van der Waals surface area (Å²) in [5.74, 6) is -0.241. The van der Waals surface area contributed by atoms with Crippen LogP contribution in [-0.2, 0) is 6.54 Å². The summed E-state index contributed by atoms with van der Waals surface area (Å²) in [4.78, 5) is 2.97. The minimum absolute atomic E-state index is 0.241. The summed E-state index contributed by atoms with van der Waals surface area (Å²) in [6.45, 7) is 0.672. The third kappa shape index (κ3) is 2.59. The molecule has 0 unspecified atom stereocenters. The lowest BCUT2D eigenvalue weighted by Crippen LogP contribution is -1.99. The first-order chi connectivity index (χ1) is 7.25. The minimum Gasteiger partial charge on any atom is -0.380 e. The molecule has 1 aromatic heterocycles. The van der Waals surface area contributed by atoms with Gasteiger partial charge in [0.05, 0.1) is 5.69 Å². The largest absolute Gasteiger partial charge is 0.380 e. The van der Waals surface area contributed by atoms with Crippen LogP contribution < -0.4 is 5.32 Å². The third-order valence-corrected chi connectivity index (χ3v) is 2.77. The molecule has 0 atom stereocenters. The Morgan fingerprint density at radius 3 is 2.93 bits per heavy atom. The van der Waals surface area contributed by atoms with Gasteiger partial charge in [0, 0.05) is 23.4 Å². The van der Waals surface area contributed by atoms with E-state index in [1.807, 2.05) is 18.5 Å². The molecule has 0 aliphatic heterocycles. The Balaban J connectivity index is 2.07. The molecule has 2 nitrogen and oxygen atoms in total. The SMILES string of the molecule is Fc1ccc(Br)c(NCc2cc[nH]c2)c1. The molecule has 78 valence electrons. The zero-order chi connectivity index (χ0) is 10.7. The maximum Gasteiger partial charge on any atom is 0.125 e. The zero-order valence-electron chi connectivity index (χ0n) is 7.93. The van der Waals surface area contributed by atoms with Crippen molar-refractivity contribution in [1.29, 1.82) is 0 Å². The molecule has 1 aromatic carbocycles. The Morgan fingerprint density at radius 1 is 1.33 bits per heavy atom. The Bertz CT molecular complexity index is 440. The lowest BCUT2D eigenvalue weighted by atomic mass is 10.3. The van der Waals surface area contributed by atoms with Gasteiger partial charge in [-0.25, -0.2) is 4.39 Å². The van der Waals surface area contributed by atoms with Crippen molar-refractivity contribution in [1.82, 2.24) is 4.98 Å². The molecule has 15 heavy (non-hydrogen) atoms. The number of rotatable bonds is 3. The van der Waals surface area contributed by atoms with Gasteiger partial charge in [0.25, 0.3) is 0 Å². The summed E-state index contributed by atoms with van der Waals surface area (Å²) in [5.41, 5.74) is 1.89. The molecule has 1 heterocycles. The van der Waals surface area contributed by atoms with E-state index in [2.05, 4.69) is 26.2 Å². The van der Waals surface area contributed by atoms with Crippen LogP contribution in [0.25, 0.3) is 0 Å². The molecule has 0 spiro atoms. The number of aromatic nitrogens is 1. The zero-order valence-corrected chi connectivity index (χ0v) is 9.51. The van der Waals surface area contributed by atoms with Crippen LogP contribution in [0.5, 0.6) is 0 Å². The fraction of sp³-hybridized carbons (Fsp3) is 0.0909. The van der Waals surface area contributed by atoms with E-state index in [0.29, 0.717) is 6.54 Å². The van der Waals surface area contributed by atoms with Gasteiger partial charge in [-0.1, -0.05) is 0 Å². The summed E-state index contributed by atoms with van der Waals surface area (Å²) in [5, 5.41) is 3.15. The van der Waals surface area contributed by atoms with Crippen LogP contribution in [0.2, 0.25) is 0 Å². The predicted octanol–water partition coefficient (Wildman–Crippen LogP) is 3.53. The van der Waals surface area contributed by atoms with Gasteiger partial charge in [-0.2, -0.15) is 0 Å². The molecule has 2 N–H and O–H groups in total. The maximum absolute atomic E-state index is 12.9. The number of hydrogen-bond donors (Lipinski definition) is 2. The smallest absolute Gasteiger partial charge is 0.125 e. The van der Waals surface area contributed by atoms with Crippen molar-refractivity contribution < 1.29 is 4.39 Å². The molecular weight excluding hydrogens is 259 g/mol. The van der Waals surface area contributed by atoms with Gasteiger partial charge in [-0.15, -0.1) is 0 Å². The van der Waals surface area contributed by atoms with E-state index in [1.165, 1.54) is 12.1 Å². The first-order valence-electron chi connectivity index (χ1n) is 4.56. The van der Waals surface area contributed by atoms with E-state index in [0.717, 1.165) is 15.7 Å². The molecule has 0 fully saturated rings. The Morgan fingerprint density at radius 2 is 2.20 bits per heavy atom. The normalized spacial score (nSPS) is 10.3. The number of nitrogens with one attached hydrogen (secondary N) is 2. The first-order valence-corrected chi connectivity index (χ1v) is 5.35. The number of hydrogen-bond acceptors (Lipinski definition) is 1. The molecule has 0 radical (unpaired) electrons. The highest BCUT2D eigenvalue weighted by Gasteiger charge is 2.01. The first kappa shape index (κ1) is 10.2. The van der Waals surface area contributed by atoms with E-state index >= 15 is 0 Å². The summed E-state index contributed by atoms with van der Waals surface area (Å²) < 4.78 is 13.8. The van der Waals surface area contributed by atoms with E-state index in [1.54, 1.807) is 6.07 Å². The summed E-state index contributed by atoms with van der Waals surface area (Å²) in [6.07, 6.45) is 3.76.